The number of nitrogens with zero attached hydrogens (tertiary/aromatic N) is 2. The summed E-state index contributed by atoms with van der Waals surface area (Å²) >= 11 is 1.57. The molecular weight excluding hydrogens is 272 g/mol. The Labute approximate surface area is 123 Å². The Bertz CT molecular complexity index is 538. The predicted octanol–water partition coefficient (Wildman–Crippen LogP) is 2.07. The summed E-state index contributed by atoms with van der Waals surface area (Å²) in [4.78, 5) is 18.2. The Kier molecular flexibility index (Phi) is 5.21. The number of aromatic nitrogens is 2. The van der Waals surface area contributed by atoms with E-state index >= 15 is 0 Å². The topological polar surface area (TPSA) is 81.6 Å². The molecule has 0 spiro atoms. The molecule has 108 valence electrons. The van der Waals surface area contributed by atoms with Gasteiger partial charge in [-0.05, 0) is 38.6 Å². The molecule has 20 heavy (non-hydrogen) atoms. The van der Waals surface area contributed by atoms with Crippen LogP contribution in [0.5, 0.6) is 0 Å². The highest BCUT2D eigenvalue weighted by Gasteiger charge is 2.36. The third-order valence-corrected chi connectivity index (χ3v) is 4.73. The quantitative estimate of drug-likeness (QED) is 0.812. The van der Waals surface area contributed by atoms with E-state index in [0.29, 0.717) is 10.4 Å². The predicted molar refractivity (Wildman–Crippen MR) is 79.6 cm³/mol. The van der Waals surface area contributed by atoms with Gasteiger partial charge in [0, 0.05) is 17.5 Å². The maximum Gasteiger partial charge on any atom is 0.251 e. The molecule has 2 N–H and O–H groups in total. The number of rotatable bonds is 5. The van der Waals surface area contributed by atoms with Gasteiger partial charge in [-0.2, -0.15) is 5.26 Å². The van der Waals surface area contributed by atoms with E-state index in [0.717, 1.165) is 38.6 Å². The molecule has 1 heterocycles. The Morgan fingerprint density at radius 3 is 3.25 bits per heavy atom. The van der Waals surface area contributed by atoms with Crippen LogP contribution < -0.4 is 10.9 Å². The molecular formula is C14H20N4OS. The number of hydrogen-bond acceptors (Lipinski definition) is 5. The molecule has 1 aromatic rings. The zero-order chi connectivity index (χ0) is 14.4. The number of H-pyrrole nitrogens is 1. The maximum atomic E-state index is 11.3. The first-order valence-electron chi connectivity index (χ1n) is 7.06. The standard InChI is InChI=1S/C14H20N4OS/c1-2-7-17-14(10-15)6-3-4-11(9-14)20-13-16-8-5-12(19)18-13/h5,8,11,17H,2-4,6-7,9H2,1H3,(H,16,18,19). The fourth-order valence-corrected chi connectivity index (χ4v) is 3.81. The van der Waals surface area contributed by atoms with Crippen LogP contribution in [0, 0.1) is 11.3 Å². The van der Waals surface area contributed by atoms with E-state index in [1.54, 1.807) is 11.8 Å². The van der Waals surface area contributed by atoms with Crippen molar-refractivity contribution in [2.75, 3.05) is 6.54 Å². The van der Waals surface area contributed by atoms with Crippen LogP contribution in [0.2, 0.25) is 0 Å². The minimum Gasteiger partial charge on any atom is -0.301 e. The van der Waals surface area contributed by atoms with Crippen molar-refractivity contribution in [2.24, 2.45) is 0 Å². The Morgan fingerprint density at radius 1 is 1.70 bits per heavy atom. The number of aromatic amines is 1. The molecule has 1 aliphatic rings. The zero-order valence-corrected chi connectivity index (χ0v) is 12.5. The fourth-order valence-electron chi connectivity index (χ4n) is 2.56. The summed E-state index contributed by atoms with van der Waals surface area (Å²) in [6, 6.07) is 3.87. The lowest BCUT2D eigenvalue weighted by atomic mass is 9.82. The van der Waals surface area contributed by atoms with E-state index in [1.807, 2.05) is 0 Å². The molecule has 0 aliphatic heterocycles. The van der Waals surface area contributed by atoms with Gasteiger partial charge in [0.2, 0.25) is 0 Å². The third kappa shape index (κ3) is 3.84. The molecule has 1 fully saturated rings. The largest absolute Gasteiger partial charge is 0.301 e. The van der Waals surface area contributed by atoms with Crippen molar-refractivity contribution in [3.8, 4) is 6.07 Å². The highest BCUT2D eigenvalue weighted by atomic mass is 32.2. The van der Waals surface area contributed by atoms with Crippen molar-refractivity contribution in [1.29, 1.82) is 5.26 Å². The SMILES string of the molecule is CCCNC1(C#N)CCCC(Sc2nccc(=O)[nH]2)C1. The van der Waals surface area contributed by atoms with Gasteiger partial charge < -0.3 is 4.98 Å². The highest BCUT2D eigenvalue weighted by Crippen LogP contribution is 2.36. The lowest BCUT2D eigenvalue weighted by Crippen LogP contribution is -2.48. The molecule has 2 unspecified atom stereocenters. The lowest BCUT2D eigenvalue weighted by Gasteiger charge is -2.36. The molecule has 6 heteroatoms. The minimum atomic E-state index is -0.416. The molecule has 2 rings (SSSR count). The van der Waals surface area contributed by atoms with Crippen LogP contribution >= 0.6 is 11.8 Å². The second kappa shape index (κ2) is 6.91. The number of hydrogen-bond donors (Lipinski definition) is 2. The first kappa shape index (κ1) is 15.1. The molecule has 1 aromatic heterocycles. The second-order valence-corrected chi connectivity index (χ2v) is 6.49. The second-order valence-electron chi connectivity index (χ2n) is 5.20. The van der Waals surface area contributed by atoms with Crippen LogP contribution in [0.25, 0.3) is 0 Å². The first-order valence-corrected chi connectivity index (χ1v) is 7.94. The summed E-state index contributed by atoms with van der Waals surface area (Å²) < 4.78 is 0. The zero-order valence-electron chi connectivity index (χ0n) is 11.7. The Hall–Kier alpha value is -1.32. The van der Waals surface area contributed by atoms with Crippen LogP contribution in [0.15, 0.2) is 22.2 Å². The van der Waals surface area contributed by atoms with E-state index in [1.165, 1.54) is 12.3 Å². The molecule has 0 saturated heterocycles. The molecule has 0 aromatic carbocycles. The minimum absolute atomic E-state index is 0.131. The van der Waals surface area contributed by atoms with Crippen molar-refractivity contribution in [3.05, 3.63) is 22.6 Å². The monoisotopic (exact) mass is 292 g/mol. The molecule has 5 nitrogen and oxygen atoms in total. The normalized spacial score (nSPS) is 26.1. The van der Waals surface area contributed by atoms with Crippen LogP contribution in [0.4, 0.5) is 0 Å². The van der Waals surface area contributed by atoms with E-state index < -0.39 is 5.54 Å². The number of nitrogens with one attached hydrogen (secondary N) is 2. The summed E-state index contributed by atoms with van der Waals surface area (Å²) in [5.74, 6) is 0. The average molecular weight is 292 g/mol. The molecule has 0 radical (unpaired) electrons. The van der Waals surface area contributed by atoms with E-state index in [-0.39, 0.29) is 5.56 Å². The lowest BCUT2D eigenvalue weighted by molar-refractivity contribution is 0.304. The smallest absolute Gasteiger partial charge is 0.251 e. The van der Waals surface area contributed by atoms with Crippen LogP contribution in [-0.4, -0.2) is 27.3 Å². The molecule has 2 atom stereocenters. The summed E-state index contributed by atoms with van der Waals surface area (Å²) in [5, 5.41) is 13.9. The third-order valence-electron chi connectivity index (χ3n) is 3.56. The molecule has 0 amide bonds. The summed E-state index contributed by atoms with van der Waals surface area (Å²) in [5.41, 5.74) is -0.546. The van der Waals surface area contributed by atoms with Gasteiger partial charge in [-0.25, -0.2) is 4.98 Å². The van der Waals surface area contributed by atoms with Crippen molar-refractivity contribution < 1.29 is 0 Å². The van der Waals surface area contributed by atoms with Crippen LogP contribution in [0.3, 0.4) is 0 Å². The molecule has 1 saturated carbocycles. The van der Waals surface area contributed by atoms with Crippen LogP contribution in [-0.2, 0) is 0 Å². The Balaban J connectivity index is 2.03. The number of thioether (sulfide) groups is 1. The fraction of sp³-hybridized carbons (Fsp3) is 0.643. The summed E-state index contributed by atoms with van der Waals surface area (Å²) in [6.45, 7) is 2.97. The van der Waals surface area contributed by atoms with Crippen molar-refractivity contribution in [2.45, 2.75) is 55.0 Å². The van der Waals surface area contributed by atoms with E-state index in [2.05, 4.69) is 28.3 Å². The Morgan fingerprint density at radius 2 is 2.55 bits per heavy atom. The van der Waals surface area contributed by atoms with Crippen molar-refractivity contribution in [1.82, 2.24) is 15.3 Å². The van der Waals surface area contributed by atoms with Gasteiger partial charge in [-0.15, -0.1) is 0 Å². The highest BCUT2D eigenvalue weighted by molar-refractivity contribution is 7.99. The van der Waals surface area contributed by atoms with Crippen molar-refractivity contribution in [3.63, 3.8) is 0 Å². The van der Waals surface area contributed by atoms with Gasteiger partial charge in [-0.3, -0.25) is 10.1 Å². The van der Waals surface area contributed by atoms with Crippen LogP contribution in [0.1, 0.15) is 39.0 Å². The van der Waals surface area contributed by atoms with Crippen molar-refractivity contribution >= 4 is 11.8 Å². The van der Waals surface area contributed by atoms with Gasteiger partial charge in [0.1, 0.15) is 5.54 Å². The van der Waals surface area contributed by atoms with Gasteiger partial charge in [0.05, 0.1) is 6.07 Å². The van der Waals surface area contributed by atoms with E-state index in [9.17, 15) is 10.1 Å². The summed E-state index contributed by atoms with van der Waals surface area (Å²) in [7, 11) is 0. The molecule has 1 aliphatic carbocycles. The van der Waals surface area contributed by atoms with Gasteiger partial charge in [-0.1, -0.05) is 18.7 Å². The number of nitriles is 1. The van der Waals surface area contributed by atoms with Gasteiger partial charge >= 0.3 is 0 Å². The summed E-state index contributed by atoms with van der Waals surface area (Å²) in [6.07, 6.45) is 6.33. The van der Waals surface area contributed by atoms with Gasteiger partial charge in [0.15, 0.2) is 5.16 Å². The molecule has 0 bridgehead atoms. The average Bonchev–Trinajstić information content (AvgIpc) is 2.45. The maximum absolute atomic E-state index is 11.3. The van der Waals surface area contributed by atoms with E-state index in [4.69, 9.17) is 0 Å². The first-order chi connectivity index (χ1) is 9.67. The van der Waals surface area contributed by atoms with Gasteiger partial charge in [0.25, 0.3) is 5.56 Å².